The number of benzene rings is 1. The number of halogens is 1. The summed E-state index contributed by atoms with van der Waals surface area (Å²) < 4.78 is 5.54. The third-order valence-electron chi connectivity index (χ3n) is 3.32. The number of ether oxygens (including phenoxy) is 1. The first-order chi connectivity index (χ1) is 10.2. The highest BCUT2D eigenvalue weighted by atomic mass is 35.5. The molecule has 1 atom stereocenters. The molecular formula is C17H21ClN2O. The number of pyridine rings is 1. The van der Waals surface area contributed by atoms with E-state index in [4.69, 9.17) is 16.3 Å². The normalized spacial score (nSPS) is 12.2. The Morgan fingerprint density at radius 1 is 1.19 bits per heavy atom. The molecule has 0 aliphatic rings. The molecule has 112 valence electrons. The van der Waals surface area contributed by atoms with Gasteiger partial charge in [-0.05, 0) is 49.2 Å². The van der Waals surface area contributed by atoms with Gasteiger partial charge in [-0.2, -0.15) is 0 Å². The van der Waals surface area contributed by atoms with Gasteiger partial charge < -0.3 is 10.1 Å². The van der Waals surface area contributed by atoms with Crippen molar-refractivity contribution < 1.29 is 4.74 Å². The fourth-order valence-corrected chi connectivity index (χ4v) is 2.45. The van der Waals surface area contributed by atoms with Gasteiger partial charge in [0.25, 0.3) is 0 Å². The van der Waals surface area contributed by atoms with Crippen molar-refractivity contribution in [3.63, 3.8) is 0 Å². The SMILES string of the molecule is CCNC(c1cncc(OCC)c1)c1ccc(C)c(Cl)c1. The van der Waals surface area contributed by atoms with Crippen LogP contribution >= 0.6 is 11.6 Å². The maximum absolute atomic E-state index is 6.26. The van der Waals surface area contributed by atoms with Crippen LogP contribution in [0.2, 0.25) is 5.02 Å². The highest BCUT2D eigenvalue weighted by Gasteiger charge is 2.15. The Kier molecular flexibility index (Phi) is 5.59. The van der Waals surface area contributed by atoms with Gasteiger partial charge in [0, 0.05) is 11.2 Å². The molecule has 0 amide bonds. The van der Waals surface area contributed by atoms with E-state index in [1.807, 2.05) is 38.2 Å². The highest BCUT2D eigenvalue weighted by Crippen LogP contribution is 2.27. The summed E-state index contributed by atoms with van der Waals surface area (Å²) in [4.78, 5) is 4.27. The zero-order valence-electron chi connectivity index (χ0n) is 12.7. The molecule has 0 bridgehead atoms. The van der Waals surface area contributed by atoms with E-state index in [9.17, 15) is 0 Å². The molecule has 2 aromatic rings. The van der Waals surface area contributed by atoms with Crippen LogP contribution in [0.4, 0.5) is 0 Å². The van der Waals surface area contributed by atoms with E-state index in [1.54, 1.807) is 6.20 Å². The van der Waals surface area contributed by atoms with Crippen LogP contribution in [0.15, 0.2) is 36.7 Å². The minimum Gasteiger partial charge on any atom is -0.492 e. The molecule has 1 N–H and O–H groups in total. The number of aryl methyl sites for hydroxylation is 1. The summed E-state index contributed by atoms with van der Waals surface area (Å²) in [6, 6.07) is 8.24. The van der Waals surface area contributed by atoms with Gasteiger partial charge in [0.15, 0.2) is 0 Å². The Hall–Kier alpha value is -1.58. The van der Waals surface area contributed by atoms with Crippen molar-refractivity contribution >= 4 is 11.6 Å². The fraction of sp³-hybridized carbons (Fsp3) is 0.353. The van der Waals surface area contributed by atoms with Crippen LogP contribution in [0, 0.1) is 6.92 Å². The third-order valence-corrected chi connectivity index (χ3v) is 3.72. The zero-order valence-corrected chi connectivity index (χ0v) is 13.4. The first kappa shape index (κ1) is 15.8. The first-order valence-corrected chi connectivity index (χ1v) is 7.60. The number of rotatable bonds is 6. The summed E-state index contributed by atoms with van der Waals surface area (Å²) in [5, 5.41) is 4.26. The molecule has 0 saturated carbocycles. The summed E-state index contributed by atoms with van der Waals surface area (Å²) in [6.07, 6.45) is 3.60. The molecule has 1 aromatic heterocycles. The zero-order chi connectivity index (χ0) is 15.2. The Bertz CT molecular complexity index is 601. The largest absolute Gasteiger partial charge is 0.492 e. The average Bonchev–Trinajstić information content (AvgIpc) is 2.48. The quantitative estimate of drug-likeness (QED) is 0.871. The van der Waals surface area contributed by atoms with E-state index in [0.717, 1.165) is 34.0 Å². The molecule has 1 heterocycles. The molecule has 0 fully saturated rings. The molecule has 0 aliphatic carbocycles. The molecule has 0 radical (unpaired) electrons. The Balaban J connectivity index is 2.37. The molecule has 4 heteroatoms. The van der Waals surface area contributed by atoms with Gasteiger partial charge >= 0.3 is 0 Å². The number of nitrogens with zero attached hydrogens (tertiary/aromatic N) is 1. The maximum atomic E-state index is 6.26. The second-order valence-corrected chi connectivity index (χ2v) is 5.29. The van der Waals surface area contributed by atoms with Crippen LogP contribution in [-0.4, -0.2) is 18.1 Å². The summed E-state index contributed by atoms with van der Waals surface area (Å²) in [7, 11) is 0. The van der Waals surface area contributed by atoms with E-state index in [1.165, 1.54) is 0 Å². The summed E-state index contributed by atoms with van der Waals surface area (Å²) in [6.45, 7) is 7.55. The Morgan fingerprint density at radius 2 is 2.00 bits per heavy atom. The number of hydrogen-bond donors (Lipinski definition) is 1. The van der Waals surface area contributed by atoms with Crippen molar-refractivity contribution in [2.24, 2.45) is 0 Å². The van der Waals surface area contributed by atoms with Crippen LogP contribution in [0.25, 0.3) is 0 Å². The molecule has 21 heavy (non-hydrogen) atoms. The van der Waals surface area contributed by atoms with Gasteiger partial charge in [0.05, 0.1) is 18.8 Å². The van der Waals surface area contributed by atoms with Gasteiger partial charge in [0.2, 0.25) is 0 Å². The smallest absolute Gasteiger partial charge is 0.137 e. The van der Waals surface area contributed by atoms with Crippen LogP contribution in [0.3, 0.4) is 0 Å². The average molecular weight is 305 g/mol. The second-order valence-electron chi connectivity index (χ2n) is 4.89. The molecule has 3 nitrogen and oxygen atoms in total. The lowest BCUT2D eigenvalue weighted by atomic mass is 9.99. The lowest BCUT2D eigenvalue weighted by Crippen LogP contribution is -2.22. The number of hydrogen-bond acceptors (Lipinski definition) is 3. The van der Waals surface area contributed by atoms with Crippen molar-refractivity contribution in [3.8, 4) is 5.75 Å². The molecule has 1 aromatic carbocycles. The van der Waals surface area contributed by atoms with Crippen LogP contribution in [-0.2, 0) is 0 Å². The predicted octanol–water partition coefficient (Wildman–Crippen LogP) is 4.14. The van der Waals surface area contributed by atoms with Gasteiger partial charge in [0.1, 0.15) is 5.75 Å². The standard InChI is InChI=1S/C17H21ClN2O/c1-4-20-17(13-7-6-12(3)16(18)9-13)14-8-15(21-5-2)11-19-10-14/h6-11,17,20H,4-5H2,1-3H3. The third kappa shape index (κ3) is 3.96. The summed E-state index contributed by atoms with van der Waals surface area (Å²) >= 11 is 6.26. The molecule has 0 saturated heterocycles. The van der Waals surface area contributed by atoms with Crippen molar-refractivity contribution in [2.45, 2.75) is 26.8 Å². The van der Waals surface area contributed by atoms with Crippen molar-refractivity contribution in [2.75, 3.05) is 13.2 Å². The summed E-state index contributed by atoms with van der Waals surface area (Å²) in [5.41, 5.74) is 3.28. The maximum Gasteiger partial charge on any atom is 0.137 e. The van der Waals surface area contributed by atoms with Gasteiger partial charge in [-0.1, -0.05) is 30.7 Å². The van der Waals surface area contributed by atoms with Crippen molar-refractivity contribution in [1.29, 1.82) is 0 Å². The van der Waals surface area contributed by atoms with Crippen LogP contribution in [0.1, 0.15) is 36.6 Å². The lowest BCUT2D eigenvalue weighted by molar-refractivity contribution is 0.338. The second kappa shape index (κ2) is 7.43. The monoisotopic (exact) mass is 304 g/mol. The predicted molar refractivity (Wildman–Crippen MR) is 87.1 cm³/mol. The van der Waals surface area contributed by atoms with Crippen LogP contribution < -0.4 is 10.1 Å². The molecule has 0 aliphatic heterocycles. The molecule has 1 unspecified atom stereocenters. The van der Waals surface area contributed by atoms with E-state index in [2.05, 4.69) is 23.3 Å². The minimum absolute atomic E-state index is 0.0565. The highest BCUT2D eigenvalue weighted by molar-refractivity contribution is 6.31. The Morgan fingerprint density at radius 3 is 2.67 bits per heavy atom. The number of aromatic nitrogens is 1. The van der Waals surface area contributed by atoms with E-state index >= 15 is 0 Å². The lowest BCUT2D eigenvalue weighted by Gasteiger charge is -2.20. The van der Waals surface area contributed by atoms with Gasteiger partial charge in [-0.25, -0.2) is 0 Å². The van der Waals surface area contributed by atoms with E-state index in [-0.39, 0.29) is 6.04 Å². The fourth-order valence-electron chi connectivity index (χ4n) is 2.26. The van der Waals surface area contributed by atoms with E-state index < -0.39 is 0 Å². The summed E-state index contributed by atoms with van der Waals surface area (Å²) in [5.74, 6) is 0.788. The topological polar surface area (TPSA) is 34.2 Å². The molecule has 2 rings (SSSR count). The van der Waals surface area contributed by atoms with Crippen molar-refractivity contribution in [1.82, 2.24) is 10.3 Å². The molecular weight excluding hydrogens is 284 g/mol. The van der Waals surface area contributed by atoms with Crippen molar-refractivity contribution in [3.05, 3.63) is 58.4 Å². The molecule has 0 spiro atoms. The van der Waals surface area contributed by atoms with Crippen LogP contribution in [0.5, 0.6) is 5.75 Å². The first-order valence-electron chi connectivity index (χ1n) is 7.22. The number of nitrogens with one attached hydrogen (secondary N) is 1. The van der Waals surface area contributed by atoms with Gasteiger partial charge in [-0.15, -0.1) is 0 Å². The van der Waals surface area contributed by atoms with Gasteiger partial charge in [-0.3, -0.25) is 4.98 Å². The minimum atomic E-state index is 0.0565. The Labute approximate surface area is 131 Å². The van der Waals surface area contributed by atoms with E-state index in [0.29, 0.717) is 6.61 Å².